The summed E-state index contributed by atoms with van der Waals surface area (Å²) in [5.41, 5.74) is 1.24. The van der Waals surface area contributed by atoms with Gasteiger partial charge in [0.25, 0.3) is 5.91 Å². The number of aromatic nitrogens is 1. The number of aryl methyl sites for hydroxylation is 1. The summed E-state index contributed by atoms with van der Waals surface area (Å²) in [4.78, 5) is 18.4. The van der Waals surface area contributed by atoms with Crippen LogP contribution in [-0.4, -0.2) is 35.0 Å². The number of ether oxygens (including phenoxy) is 1. The molecule has 2 heterocycles. The van der Waals surface area contributed by atoms with Crippen molar-refractivity contribution in [2.24, 2.45) is 0 Å². The minimum atomic E-state index is -0.317. The molecule has 2 aromatic rings. The zero-order valence-electron chi connectivity index (χ0n) is 13.0. The Morgan fingerprint density at radius 2 is 2.09 bits per heavy atom. The molecular weight excluding hydrogens is 295 g/mol. The van der Waals surface area contributed by atoms with Crippen LogP contribution in [0.3, 0.4) is 0 Å². The summed E-state index contributed by atoms with van der Waals surface area (Å²) in [6.45, 7) is 3.04. The summed E-state index contributed by atoms with van der Waals surface area (Å²) in [5.74, 6) is 0.400. The first-order valence-electron chi connectivity index (χ1n) is 7.75. The molecular formula is C18H19FN2O2. The van der Waals surface area contributed by atoms with Gasteiger partial charge in [-0.15, -0.1) is 0 Å². The minimum absolute atomic E-state index is 0.0395. The maximum Gasteiger partial charge on any atom is 0.254 e. The quantitative estimate of drug-likeness (QED) is 0.873. The van der Waals surface area contributed by atoms with Crippen molar-refractivity contribution in [1.29, 1.82) is 0 Å². The van der Waals surface area contributed by atoms with Gasteiger partial charge in [-0.05, 0) is 42.8 Å². The van der Waals surface area contributed by atoms with Crippen LogP contribution in [0.4, 0.5) is 4.39 Å². The molecule has 1 amide bonds. The summed E-state index contributed by atoms with van der Waals surface area (Å²) in [5, 5.41) is 0. The van der Waals surface area contributed by atoms with E-state index in [2.05, 4.69) is 4.98 Å². The standard InChI is InChI=1S/C18H19FN2O2/c1-13-11-14(19)4-5-17(13)18(22)21-9-6-15(7-10-21)23-16-3-2-8-20-12-16/h2-5,8,11-12,15H,6-7,9-10H2,1H3. The summed E-state index contributed by atoms with van der Waals surface area (Å²) in [7, 11) is 0. The van der Waals surface area contributed by atoms with Gasteiger partial charge in [0.05, 0.1) is 6.20 Å². The highest BCUT2D eigenvalue weighted by Gasteiger charge is 2.25. The number of carbonyl (C=O) groups excluding carboxylic acids is 1. The molecule has 0 atom stereocenters. The maximum atomic E-state index is 13.2. The van der Waals surface area contributed by atoms with E-state index in [0.717, 1.165) is 18.6 Å². The molecule has 1 fully saturated rings. The Morgan fingerprint density at radius 1 is 1.30 bits per heavy atom. The molecule has 23 heavy (non-hydrogen) atoms. The first-order chi connectivity index (χ1) is 11.1. The van der Waals surface area contributed by atoms with Crippen molar-refractivity contribution >= 4 is 5.91 Å². The van der Waals surface area contributed by atoms with Crippen molar-refractivity contribution < 1.29 is 13.9 Å². The van der Waals surface area contributed by atoms with Crippen molar-refractivity contribution in [1.82, 2.24) is 9.88 Å². The van der Waals surface area contributed by atoms with Crippen LogP contribution in [0.5, 0.6) is 5.75 Å². The van der Waals surface area contributed by atoms with Gasteiger partial charge in [0.15, 0.2) is 0 Å². The van der Waals surface area contributed by atoms with Gasteiger partial charge >= 0.3 is 0 Å². The monoisotopic (exact) mass is 314 g/mol. The Labute approximate surface area is 134 Å². The van der Waals surface area contributed by atoms with Gasteiger partial charge in [0, 0.05) is 37.7 Å². The number of nitrogens with zero attached hydrogens (tertiary/aromatic N) is 2. The van der Waals surface area contributed by atoms with Crippen LogP contribution < -0.4 is 4.74 Å². The fraction of sp³-hybridized carbons (Fsp3) is 0.333. The predicted octanol–water partition coefficient (Wildman–Crippen LogP) is 3.21. The summed E-state index contributed by atoms with van der Waals surface area (Å²) in [6, 6.07) is 8.01. The summed E-state index contributed by atoms with van der Waals surface area (Å²) in [6.07, 6.45) is 5.05. The Bertz CT molecular complexity index is 683. The van der Waals surface area contributed by atoms with Crippen LogP contribution in [0.2, 0.25) is 0 Å². The van der Waals surface area contributed by atoms with Crippen molar-refractivity contribution in [3.8, 4) is 5.75 Å². The van der Waals surface area contributed by atoms with Crippen LogP contribution in [-0.2, 0) is 0 Å². The number of carbonyl (C=O) groups is 1. The van der Waals surface area contributed by atoms with E-state index in [0.29, 0.717) is 24.2 Å². The number of likely N-dealkylation sites (tertiary alicyclic amines) is 1. The molecule has 1 aromatic heterocycles. The lowest BCUT2D eigenvalue weighted by Crippen LogP contribution is -2.42. The van der Waals surface area contributed by atoms with Crippen LogP contribution in [0, 0.1) is 12.7 Å². The van der Waals surface area contributed by atoms with E-state index >= 15 is 0 Å². The number of rotatable bonds is 3. The average Bonchev–Trinajstić information content (AvgIpc) is 2.56. The number of hydrogen-bond donors (Lipinski definition) is 0. The fourth-order valence-corrected chi connectivity index (χ4v) is 2.82. The molecule has 0 radical (unpaired) electrons. The first kappa shape index (κ1) is 15.5. The SMILES string of the molecule is Cc1cc(F)ccc1C(=O)N1CCC(Oc2cccnc2)CC1. The van der Waals surface area contributed by atoms with Gasteiger partial charge in [-0.1, -0.05) is 0 Å². The average molecular weight is 314 g/mol. The third-order valence-corrected chi connectivity index (χ3v) is 4.09. The van der Waals surface area contributed by atoms with Crippen molar-refractivity contribution in [3.63, 3.8) is 0 Å². The van der Waals surface area contributed by atoms with Crippen LogP contribution in [0.25, 0.3) is 0 Å². The highest BCUT2D eigenvalue weighted by molar-refractivity contribution is 5.95. The number of hydrogen-bond acceptors (Lipinski definition) is 3. The Kier molecular flexibility index (Phi) is 4.55. The number of piperidine rings is 1. The lowest BCUT2D eigenvalue weighted by atomic mass is 10.0. The van der Waals surface area contributed by atoms with E-state index in [9.17, 15) is 9.18 Å². The molecule has 0 spiro atoms. The Balaban J connectivity index is 1.59. The molecule has 0 unspecified atom stereocenters. The second-order valence-corrected chi connectivity index (χ2v) is 5.76. The molecule has 1 aliphatic rings. The van der Waals surface area contributed by atoms with Crippen LogP contribution in [0.1, 0.15) is 28.8 Å². The second kappa shape index (κ2) is 6.77. The summed E-state index contributed by atoms with van der Waals surface area (Å²) >= 11 is 0. The van der Waals surface area contributed by atoms with Gasteiger partial charge in [0.1, 0.15) is 17.7 Å². The van der Waals surface area contributed by atoms with Gasteiger partial charge in [-0.25, -0.2) is 4.39 Å². The molecule has 120 valence electrons. The van der Waals surface area contributed by atoms with E-state index in [1.54, 1.807) is 25.4 Å². The van der Waals surface area contributed by atoms with E-state index in [4.69, 9.17) is 4.74 Å². The molecule has 5 heteroatoms. The van der Waals surface area contributed by atoms with Crippen LogP contribution in [0.15, 0.2) is 42.7 Å². The highest BCUT2D eigenvalue weighted by atomic mass is 19.1. The minimum Gasteiger partial charge on any atom is -0.489 e. The normalized spacial score (nSPS) is 15.5. The topological polar surface area (TPSA) is 42.4 Å². The molecule has 3 rings (SSSR count). The predicted molar refractivity (Wildman–Crippen MR) is 84.9 cm³/mol. The van der Waals surface area contributed by atoms with Crippen molar-refractivity contribution in [3.05, 3.63) is 59.7 Å². The fourth-order valence-electron chi connectivity index (χ4n) is 2.82. The van der Waals surface area contributed by atoms with Gasteiger partial charge < -0.3 is 9.64 Å². The molecule has 0 bridgehead atoms. The summed E-state index contributed by atoms with van der Waals surface area (Å²) < 4.78 is 19.0. The Hall–Kier alpha value is -2.43. The number of halogens is 1. The van der Waals surface area contributed by atoms with E-state index in [1.165, 1.54) is 12.1 Å². The molecule has 1 saturated heterocycles. The highest BCUT2D eigenvalue weighted by Crippen LogP contribution is 2.20. The number of benzene rings is 1. The van der Waals surface area contributed by atoms with Crippen molar-refractivity contribution in [2.75, 3.05) is 13.1 Å². The lowest BCUT2D eigenvalue weighted by Gasteiger charge is -2.32. The maximum absolute atomic E-state index is 13.2. The number of amides is 1. The number of pyridine rings is 1. The Morgan fingerprint density at radius 3 is 2.74 bits per heavy atom. The van der Waals surface area contributed by atoms with E-state index in [1.807, 2.05) is 17.0 Å². The van der Waals surface area contributed by atoms with E-state index < -0.39 is 0 Å². The third-order valence-electron chi connectivity index (χ3n) is 4.09. The molecule has 4 nitrogen and oxygen atoms in total. The van der Waals surface area contributed by atoms with Gasteiger partial charge in [0.2, 0.25) is 0 Å². The van der Waals surface area contributed by atoms with Gasteiger partial charge in [-0.2, -0.15) is 0 Å². The molecule has 1 aliphatic heterocycles. The van der Waals surface area contributed by atoms with Gasteiger partial charge in [-0.3, -0.25) is 9.78 Å². The third kappa shape index (κ3) is 3.67. The van der Waals surface area contributed by atoms with E-state index in [-0.39, 0.29) is 17.8 Å². The zero-order valence-corrected chi connectivity index (χ0v) is 13.0. The first-order valence-corrected chi connectivity index (χ1v) is 7.75. The second-order valence-electron chi connectivity index (χ2n) is 5.76. The molecule has 0 aliphatic carbocycles. The lowest BCUT2D eigenvalue weighted by molar-refractivity contribution is 0.0594. The molecule has 0 N–H and O–H groups in total. The molecule has 0 saturated carbocycles. The zero-order chi connectivity index (χ0) is 16.2. The smallest absolute Gasteiger partial charge is 0.254 e. The molecule has 1 aromatic carbocycles. The van der Waals surface area contributed by atoms with Crippen LogP contribution >= 0.6 is 0 Å². The van der Waals surface area contributed by atoms with Crippen molar-refractivity contribution in [2.45, 2.75) is 25.9 Å². The largest absolute Gasteiger partial charge is 0.489 e.